The monoisotopic (exact) mass is 817 g/mol. The Labute approximate surface area is 345 Å². The van der Waals surface area contributed by atoms with Gasteiger partial charge in [0.15, 0.2) is 11.4 Å². The molecular formula is C44H48FN9O6. The predicted octanol–water partition coefficient (Wildman–Crippen LogP) is 4.56. The van der Waals surface area contributed by atoms with E-state index in [0.29, 0.717) is 39.7 Å². The molecule has 9 rings (SSSR count). The minimum absolute atomic E-state index is 0.00973. The summed E-state index contributed by atoms with van der Waals surface area (Å²) in [6.07, 6.45) is 8.27. The number of pyridine rings is 1. The highest BCUT2D eigenvalue weighted by atomic mass is 19.1. The van der Waals surface area contributed by atoms with Crippen LogP contribution in [0.4, 0.5) is 16.0 Å². The number of anilines is 2. The van der Waals surface area contributed by atoms with Crippen molar-refractivity contribution in [2.45, 2.75) is 63.5 Å². The van der Waals surface area contributed by atoms with Gasteiger partial charge >= 0.3 is 5.76 Å². The van der Waals surface area contributed by atoms with Crippen LogP contribution in [-0.4, -0.2) is 98.9 Å². The largest absolute Gasteiger partial charge is 0.420 e. The minimum Gasteiger partial charge on any atom is -0.408 e. The van der Waals surface area contributed by atoms with Crippen molar-refractivity contribution in [3.05, 3.63) is 93.7 Å². The molecule has 1 atom stereocenters. The third-order valence-corrected chi connectivity index (χ3v) is 12.7. The Hall–Kier alpha value is -6.16. The van der Waals surface area contributed by atoms with Crippen LogP contribution >= 0.6 is 0 Å². The van der Waals surface area contributed by atoms with Crippen LogP contribution in [-0.2, 0) is 14.4 Å². The molecule has 0 bridgehead atoms. The predicted molar refractivity (Wildman–Crippen MR) is 223 cm³/mol. The summed E-state index contributed by atoms with van der Waals surface area (Å²) in [5, 5.41) is 5.70. The molecule has 4 aliphatic rings. The maximum atomic E-state index is 15.0. The topological polar surface area (TPSA) is 179 Å². The van der Waals surface area contributed by atoms with Crippen LogP contribution in [0.3, 0.4) is 0 Å². The smallest absolute Gasteiger partial charge is 0.408 e. The van der Waals surface area contributed by atoms with Crippen molar-refractivity contribution in [1.29, 1.82) is 0 Å². The third kappa shape index (κ3) is 8.20. The summed E-state index contributed by atoms with van der Waals surface area (Å²) in [6, 6.07) is 15.5. The van der Waals surface area contributed by atoms with E-state index in [1.807, 2.05) is 24.3 Å². The lowest BCUT2D eigenvalue weighted by molar-refractivity contribution is -0.138. The van der Waals surface area contributed by atoms with Crippen molar-refractivity contribution in [2.24, 2.45) is 11.8 Å². The molecule has 15 nitrogen and oxygen atoms in total. The number of nitrogens with zero attached hydrogens (tertiary/aromatic N) is 6. The van der Waals surface area contributed by atoms with Gasteiger partial charge < -0.3 is 24.5 Å². The van der Waals surface area contributed by atoms with E-state index in [1.165, 1.54) is 10.8 Å². The Morgan fingerprint density at radius 2 is 1.65 bits per heavy atom. The van der Waals surface area contributed by atoms with Crippen LogP contribution < -0.4 is 26.8 Å². The van der Waals surface area contributed by atoms with E-state index in [1.54, 1.807) is 36.5 Å². The average molecular weight is 818 g/mol. The van der Waals surface area contributed by atoms with Crippen LogP contribution in [0.25, 0.3) is 33.5 Å². The van der Waals surface area contributed by atoms with Gasteiger partial charge in [0.1, 0.15) is 11.7 Å². The highest BCUT2D eigenvalue weighted by molar-refractivity contribution is 6.00. The molecule has 5 aromatic rings. The van der Waals surface area contributed by atoms with Crippen LogP contribution in [0.15, 0.2) is 81.0 Å². The summed E-state index contributed by atoms with van der Waals surface area (Å²) in [5.41, 5.74) is 3.56. The number of oxazole rings is 1. The van der Waals surface area contributed by atoms with Gasteiger partial charge in [0.2, 0.25) is 23.7 Å². The average Bonchev–Trinajstić information content (AvgIpc) is 3.59. The molecule has 0 radical (unpaired) electrons. The number of hydrogen-bond acceptors (Lipinski definition) is 11. The van der Waals surface area contributed by atoms with Crippen molar-refractivity contribution in [2.75, 3.05) is 56.0 Å². The number of aromatic nitrogens is 4. The van der Waals surface area contributed by atoms with Crippen LogP contribution in [0, 0.1) is 17.7 Å². The molecule has 6 heterocycles. The van der Waals surface area contributed by atoms with E-state index in [4.69, 9.17) is 4.42 Å². The van der Waals surface area contributed by atoms with Gasteiger partial charge in [-0.2, -0.15) is 0 Å². The van der Waals surface area contributed by atoms with Crippen LogP contribution in [0.5, 0.6) is 0 Å². The fourth-order valence-corrected chi connectivity index (χ4v) is 9.38. The van der Waals surface area contributed by atoms with Gasteiger partial charge in [0.25, 0.3) is 5.56 Å². The number of H-pyrrole nitrogens is 1. The fraction of sp³-hybridized carbons (Fsp3) is 0.432. The highest BCUT2D eigenvalue weighted by Crippen LogP contribution is 2.32. The lowest BCUT2D eigenvalue weighted by Gasteiger charge is -2.40. The number of rotatable bonds is 9. The first kappa shape index (κ1) is 39.3. The number of likely N-dealkylation sites (tertiary alicyclic amines) is 1. The third-order valence-electron chi connectivity index (χ3n) is 12.7. The van der Waals surface area contributed by atoms with Crippen molar-refractivity contribution < 1.29 is 23.2 Å². The van der Waals surface area contributed by atoms with E-state index in [0.717, 1.165) is 90.0 Å². The molecule has 1 unspecified atom stereocenters. The van der Waals surface area contributed by atoms with Gasteiger partial charge in [-0.1, -0.05) is 18.2 Å². The molecule has 16 heteroatoms. The Bertz CT molecular complexity index is 2530. The Morgan fingerprint density at radius 1 is 0.867 bits per heavy atom. The summed E-state index contributed by atoms with van der Waals surface area (Å²) in [5.74, 6) is -0.867. The first-order chi connectivity index (χ1) is 29.2. The maximum absolute atomic E-state index is 15.0. The molecular weight excluding hydrogens is 770 g/mol. The summed E-state index contributed by atoms with van der Waals surface area (Å²) >= 11 is 0. The van der Waals surface area contributed by atoms with E-state index in [2.05, 4.69) is 40.3 Å². The molecule has 1 aliphatic carbocycles. The lowest BCUT2D eigenvalue weighted by Crippen LogP contribution is -2.49. The van der Waals surface area contributed by atoms with Crippen molar-refractivity contribution >= 4 is 40.5 Å². The molecule has 3 amide bonds. The summed E-state index contributed by atoms with van der Waals surface area (Å²) < 4.78 is 21.9. The molecule has 3 saturated heterocycles. The molecule has 3 aromatic heterocycles. The summed E-state index contributed by atoms with van der Waals surface area (Å²) in [4.78, 5) is 81.1. The van der Waals surface area contributed by atoms with E-state index in [9.17, 15) is 28.4 Å². The summed E-state index contributed by atoms with van der Waals surface area (Å²) in [6.45, 7) is 6.03. The number of amides is 3. The number of piperidine rings is 2. The van der Waals surface area contributed by atoms with Gasteiger partial charge in [-0.15, -0.1) is 0 Å². The maximum Gasteiger partial charge on any atom is 0.420 e. The zero-order chi connectivity index (χ0) is 41.3. The zero-order valence-corrected chi connectivity index (χ0v) is 33.3. The second kappa shape index (κ2) is 16.8. The number of fused-ring (bicyclic) bond motifs is 1. The van der Waals surface area contributed by atoms with Crippen LogP contribution in [0.1, 0.15) is 57.4 Å². The lowest BCUT2D eigenvalue weighted by atomic mass is 9.84. The Morgan fingerprint density at radius 3 is 2.42 bits per heavy atom. The number of piperazine rings is 1. The quantitative estimate of drug-likeness (QED) is 0.178. The molecule has 4 fully saturated rings. The number of benzene rings is 2. The molecule has 2 aromatic carbocycles. The van der Waals surface area contributed by atoms with Gasteiger partial charge in [-0.25, -0.2) is 19.2 Å². The SMILES string of the molecule is O=C1CCC(n2c(=O)oc3cc(N4CCN(CC5CCN(C(=O)C6CCC(Nc7ncc(F)c(-c8cccc(-c9ccc[nH]c9=O)c8)n7)CC6)CC5)CC4)ccc32)C(=O)N1. The van der Waals surface area contributed by atoms with Crippen molar-refractivity contribution in [1.82, 2.24) is 34.6 Å². The molecule has 312 valence electrons. The van der Waals surface area contributed by atoms with Gasteiger partial charge in [0.05, 0.1) is 11.7 Å². The summed E-state index contributed by atoms with van der Waals surface area (Å²) in [7, 11) is 0. The first-order valence-corrected chi connectivity index (χ1v) is 21.0. The number of carbonyl (C=O) groups is 3. The number of aromatic amines is 1. The van der Waals surface area contributed by atoms with Gasteiger partial charge in [-0.05, 0) is 86.8 Å². The molecule has 1 saturated carbocycles. The second-order valence-corrected chi connectivity index (χ2v) is 16.5. The Kier molecular flexibility index (Phi) is 11.0. The van der Waals surface area contributed by atoms with Crippen LogP contribution in [0.2, 0.25) is 0 Å². The van der Waals surface area contributed by atoms with E-state index >= 15 is 0 Å². The van der Waals surface area contributed by atoms with Crippen molar-refractivity contribution in [3.8, 4) is 22.4 Å². The second-order valence-electron chi connectivity index (χ2n) is 16.5. The van der Waals surface area contributed by atoms with E-state index in [-0.39, 0.29) is 47.9 Å². The van der Waals surface area contributed by atoms with Crippen molar-refractivity contribution in [3.63, 3.8) is 0 Å². The number of hydrogen-bond donors (Lipinski definition) is 3. The van der Waals surface area contributed by atoms with Gasteiger partial charge in [0, 0.05) is 93.3 Å². The normalized spacial score (nSPS) is 21.9. The fourth-order valence-electron chi connectivity index (χ4n) is 9.38. The zero-order valence-electron chi connectivity index (χ0n) is 33.3. The highest BCUT2D eigenvalue weighted by Gasteiger charge is 2.34. The molecule has 3 N–H and O–H groups in total. The van der Waals surface area contributed by atoms with Gasteiger partial charge in [-0.3, -0.25) is 34.0 Å². The number of imide groups is 1. The Balaban J connectivity index is 0.721. The number of halogens is 1. The standard InChI is InChI=1S/C44H48FN9O6/c45-34-25-47-43(50-39(34)30-4-1-3-29(23-30)33-5-2-16-46-40(33)56)48-31-8-6-28(7-9-31)42(58)53-17-14-27(15-18-53)26-51-19-21-52(22-20-51)32-10-11-35-37(24-32)60-44(59)54(35)36-12-13-38(55)49-41(36)57/h1-5,10-11,16,23-25,27-28,31,36H,6-9,12-15,17-22,26H2,(H,46,56)(H,47,48,50)(H,49,55,57). The first-order valence-electron chi connectivity index (χ1n) is 21.0. The number of carbonyl (C=O) groups excluding carboxylic acids is 3. The number of nitrogens with one attached hydrogen (secondary N) is 3. The molecule has 0 spiro atoms. The minimum atomic E-state index is -0.770. The van der Waals surface area contributed by atoms with E-state index < -0.39 is 23.5 Å². The molecule has 60 heavy (non-hydrogen) atoms. The molecule has 3 aliphatic heterocycles.